The van der Waals surface area contributed by atoms with Gasteiger partial charge in [0.15, 0.2) is 11.5 Å². The molecule has 0 bridgehead atoms. The van der Waals surface area contributed by atoms with Gasteiger partial charge in [-0.3, -0.25) is 0 Å². The van der Waals surface area contributed by atoms with Crippen LogP contribution in [0.25, 0.3) is 22.2 Å². The Morgan fingerprint density at radius 2 is 1.68 bits per heavy atom. The fourth-order valence-corrected chi connectivity index (χ4v) is 2.62. The first kappa shape index (κ1) is 14.5. The number of nitrogens with zero attached hydrogens (tertiary/aromatic N) is 2. The second-order valence-corrected chi connectivity index (χ2v) is 4.86. The van der Waals surface area contributed by atoms with E-state index in [0.29, 0.717) is 28.0 Å². The Hall–Kier alpha value is -2.47. The molecule has 0 saturated carbocycles. The number of methoxy groups -OCH3 is 3. The fourth-order valence-electron chi connectivity index (χ4n) is 2.39. The molecule has 1 N–H and O–H groups in total. The van der Waals surface area contributed by atoms with E-state index < -0.39 is 0 Å². The van der Waals surface area contributed by atoms with Gasteiger partial charge >= 0.3 is 0 Å². The summed E-state index contributed by atoms with van der Waals surface area (Å²) in [5.41, 5.74) is 2.39. The highest BCUT2D eigenvalue weighted by atomic mass is 35.5. The number of halogens is 1. The van der Waals surface area contributed by atoms with Gasteiger partial charge in [-0.2, -0.15) is 0 Å². The van der Waals surface area contributed by atoms with Crippen LogP contribution in [0.5, 0.6) is 17.2 Å². The topological polar surface area (TPSA) is 69.3 Å². The molecular formula is C15H14ClN3O3. The zero-order chi connectivity index (χ0) is 15.7. The molecule has 0 atom stereocenters. The van der Waals surface area contributed by atoms with Crippen LogP contribution in [0.1, 0.15) is 0 Å². The maximum Gasteiger partial charge on any atom is 0.203 e. The number of fused-ring (bicyclic) bond motifs is 1. The van der Waals surface area contributed by atoms with Gasteiger partial charge in [-0.15, -0.1) is 0 Å². The van der Waals surface area contributed by atoms with Crippen molar-refractivity contribution in [1.82, 2.24) is 15.0 Å². The van der Waals surface area contributed by atoms with Gasteiger partial charge in [0, 0.05) is 11.8 Å². The quantitative estimate of drug-likeness (QED) is 0.747. The van der Waals surface area contributed by atoms with Gasteiger partial charge in [0.2, 0.25) is 5.75 Å². The zero-order valence-electron chi connectivity index (χ0n) is 12.3. The third-order valence-corrected chi connectivity index (χ3v) is 3.69. The number of H-pyrrole nitrogens is 1. The van der Waals surface area contributed by atoms with Crippen molar-refractivity contribution in [3.63, 3.8) is 0 Å². The summed E-state index contributed by atoms with van der Waals surface area (Å²) in [6.07, 6.45) is 3.24. The van der Waals surface area contributed by atoms with Crippen molar-refractivity contribution in [2.75, 3.05) is 21.3 Å². The Morgan fingerprint density at radius 3 is 2.27 bits per heavy atom. The van der Waals surface area contributed by atoms with E-state index in [4.69, 9.17) is 25.8 Å². The predicted octanol–water partition coefficient (Wildman–Crippen LogP) is 3.30. The molecule has 0 saturated heterocycles. The molecule has 22 heavy (non-hydrogen) atoms. The Kier molecular flexibility index (Phi) is 3.77. The minimum atomic E-state index is 0.384. The average molecular weight is 320 g/mol. The largest absolute Gasteiger partial charge is 0.493 e. The summed E-state index contributed by atoms with van der Waals surface area (Å²) in [6, 6.07) is 3.71. The number of aromatic nitrogens is 3. The second-order valence-electron chi connectivity index (χ2n) is 4.50. The van der Waals surface area contributed by atoms with Gasteiger partial charge in [0.1, 0.15) is 17.1 Å². The highest BCUT2D eigenvalue weighted by Gasteiger charge is 2.17. The second kappa shape index (κ2) is 5.73. The lowest BCUT2D eigenvalue weighted by Crippen LogP contribution is -1.95. The maximum absolute atomic E-state index is 6.20. The summed E-state index contributed by atoms with van der Waals surface area (Å²) in [5, 5.41) is 1.13. The Bertz CT molecular complexity index is 807. The molecule has 3 aromatic rings. The average Bonchev–Trinajstić information content (AvgIpc) is 2.98. The molecule has 2 heterocycles. The molecule has 0 aliphatic rings. The normalized spacial score (nSPS) is 10.7. The summed E-state index contributed by atoms with van der Waals surface area (Å²) >= 11 is 6.20. The van der Waals surface area contributed by atoms with Crippen LogP contribution >= 0.6 is 11.6 Å². The monoisotopic (exact) mass is 319 g/mol. The first-order valence-corrected chi connectivity index (χ1v) is 6.85. The summed E-state index contributed by atoms with van der Waals surface area (Å²) < 4.78 is 16.1. The summed E-state index contributed by atoms with van der Waals surface area (Å²) in [4.78, 5) is 11.3. The first-order valence-electron chi connectivity index (χ1n) is 6.47. The number of aromatic amines is 1. The predicted molar refractivity (Wildman–Crippen MR) is 84.0 cm³/mol. The van der Waals surface area contributed by atoms with Crippen molar-refractivity contribution >= 4 is 22.6 Å². The van der Waals surface area contributed by atoms with Crippen LogP contribution in [0.4, 0.5) is 0 Å². The molecule has 6 nitrogen and oxygen atoms in total. The molecule has 0 amide bonds. The molecule has 0 unspecified atom stereocenters. The minimum absolute atomic E-state index is 0.384. The molecule has 7 heteroatoms. The van der Waals surface area contributed by atoms with Crippen LogP contribution in [-0.2, 0) is 0 Å². The standard InChI is InChI=1S/C15H14ClN3O3/c1-20-10-4-8(5-11(21-2)13(10)22-3)9-6-17-15-12(9)14(16)18-7-19-15/h4-7H,1-3H3,(H,17,18,19). The smallest absolute Gasteiger partial charge is 0.203 e. The molecule has 3 rings (SSSR count). The van der Waals surface area contributed by atoms with E-state index >= 15 is 0 Å². The third-order valence-electron chi connectivity index (χ3n) is 3.40. The lowest BCUT2D eigenvalue weighted by molar-refractivity contribution is 0.324. The van der Waals surface area contributed by atoms with E-state index in [1.165, 1.54) is 6.33 Å². The lowest BCUT2D eigenvalue weighted by atomic mass is 10.1. The van der Waals surface area contributed by atoms with Gasteiger partial charge in [-0.25, -0.2) is 9.97 Å². The molecule has 0 radical (unpaired) electrons. The van der Waals surface area contributed by atoms with Crippen LogP contribution in [0.15, 0.2) is 24.7 Å². The molecule has 114 valence electrons. The van der Waals surface area contributed by atoms with E-state index in [0.717, 1.165) is 16.5 Å². The molecule has 1 aromatic carbocycles. The van der Waals surface area contributed by atoms with Gasteiger partial charge in [-0.05, 0) is 17.7 Å². The van der Waals surface area contributed by atoms with Crippen molar-refractivity contribution in [3.05, 3.63) is 29.8 Å². The number of nitrogens with one attached hydrogen (secondary N) is 1. The molecular weight excluding hydrogens is 306 g/mol. The van der Waals surface area contributed by atoms with Gasteiger partial charge in [-0.1, -0.05) is 11.6 Å². The van der Waals surface area contributed by atoms with Crippen molar-refractivity contribution < 1.29 is 14.2 Å². The zero-order valence-corrected chi connectivity index (χ0v) is 13.1. The SMILES string of the molecule is COc1cc(-c2c[nH]c3ncnc(Cl)c23)cc(OC)c1OC. The number of ether oxygens (including phenoxy) is 3. The maximum atomic E-state index is 6.20. The van der Waals surface area contributed by atoms with E-state index in [1.807, 2.05) is 18.3 Å². The summed E-state index contributed by atoms with van der Waals surface area (Å²) in [6.45, 7) is 0. The van der Waals surface area contributed by atoms with E-state index in [1.54, 1.807) is 21.3 Å². The highest BCUT2D eigenvalue weighted by Crippen LogP contribution is 2.43. The molecule has 0 fully saturated rings. The van der Waals surface area contributed by atoms with Crippen LogP contribution < -0.4 is 14.2 Å². The van der Waals surface area contributed by atoms with Crippen LogP contribution in [0, 0.1) is 0 Å². The number of benzene rings is 1. The summed E-state index contributed by atoms with van der Waals surface area (Å²) in [5.74, 6) is 1.68. The van der Waals surface area contributed by atoms with Crippen LogP contribution in [-0.4, -0.2) is 36.3 Å². The number of hydrogen-bond acceptors (Lipinski definition) is 5. The molecule has 2 aromatic heterocycles. The van der Waals surface area contributed by atoms with Crippen molar-refractivity contribution in [2.24, 2.45) is 0 Å². The fraction of sp³-hybridized carbons (Fsp3) is 0.200. The van der Waals surface area contributed by atoms with E-state index in [9.17, 15) is 0 Å². The first-order chi connectivity index (χ1) is 10.7. The van der Waals surface area contributed by atoms with Crippen molar-refractivity contribution in [1.29, 1.82) is 0 Å². The Labute approximate surface area is 132 Å². The molecule has 0 aliphatic heterocycles. The highest BCUT2D eigenvalue weighted by molar-refractivity contribution is 6.35. The van der Waals surface area contributed by atoms with Crippen molar-refractivity contribution in [2.45, 2.75) is 0 Å². The van der Waals surface area contributed by atoms with E-state index in [-0.39, 0.29) is 0 Å². The molecule has 0 spiro atoms. The Morgan fingerprint density at radius 1 is 1.00 bits per heavy atom. The lowest BCUT2D eigenvalue weighted by Gasteiger charge is -2.14. The minimum Gasteiger partial charge on any atom is -0.493 e. The number of rotatable bonds is 4. The van der Waals surface area contributed by atoms with Gasteiger partial charge in [0.25, 0.3) is 0 Å². The van der Waals surface area contributed by atoms with Crippen LogP contribution in [0.3, 0.4) is 0 Å². The Balaban J connectivity index is 2.27. The number of hydrogen-bond donors (Lipinski definition) is 1. The van der Waals surface area contributed by atoms with Crippen LogP contribution in [0.2, 0.25) is 5.15 Å². The van der Waals surface area contributed by atoms with Gasteiger partial charge < -0.3 is 19.2 Å². The van der Waals surface area contributed by atoms with Crippen molar-refractivity contribution in [3.8, 4) is 28.4 Å². The van der Waals surface area contributed by atoms with E-state index in [2.05, 4.69) is 15.0 Å². The summed E-state index contributed by atoms with van der Waals surface area (Å²) in [7, 11) is 4.72. The molecule has 0 aliphatic carbocycles. The third kappa shape index (κ3) is 2.21. The van der Waals surface area contributed by atoms with Gasteiger partial charge in [0.05, 0.1) is 26.7 Å².